The summed E-state index contributed by atoms with van der Waals surface area (Å²) in [6, 6.07) is 8.04. The van der Waals surface area contributed by atoms with Gasteiger partial charge < -0.3 is 9.15 Å². The minimum Gasteiger partial charge on any atom is -0.490 e. The number of nitro groups is 1. The molecular formula is C22H22N2O7S. The van der Waals surface area contributed by atoms with Crippen molar-refractivity contribution < 1.29 is 27.3 Å². The number of sulfonamides is 1. The molecular weight excluding hydrogens is 436 g/mol. The van der Waals surface area contributed by atoms with E-state index in [4.69, 9.17) is 9.15 Å². The Morgan fingerprint density at radius 1 is 1.25 bits per heavy atom. The number of carbonyl (C=O) groups is 1. The quantitative estimate of drug-likeness (QED) is 0.415. The highest BCUT2D eigenvalue weighted by Gasteiger charge is 2.32. The number of hydrogen-bond donors (Lipinski definition) is 0. The summed E-state index contributed by atoms with van der Waals surface area (Å²) in [5.74, 6) is 0.537. The first-order valence-electron chi connectivity index (χ1n) is 10.1. The SMILES string of the molecule is COc1ccc(S(=O)(=O)N(C(C)=O)c2ccc3oc4c(c3c2)C[C@@H](C)CC4)cc1[N+](=O)[O-]. The van der Waals surface area contributed by atoms with Gasteiger partial charge in [0.1, 0.15) is 11.3 Å². The van der Waals surface area contributed by atoms with Crippen molar-refractivity contribution in [1.29, 1.82) is 0 Å². The van der Waals surface area contributed by atoms with Crippen molar-refractivity contribution in [3.63, 3.8) is 0 Å². The second kappa shape index (κ2) is 7.94. The lowest BCUT2D eigenvalue weighted by Gasteiger charge is -2.21. The van der Waals surface area contributed by atoms with Crippen molar-refractivity contribution in [1.82, 2.24) is 0 Å². The predicted molar refractivity (Wildman–Crippen MR) is 117 cm³/mol. The molecule has 168 valence electrons. The van der Waals surface area contributed by atoms with E-state index in [-0.39, 0.29) is 16.3 Å². The van der Waals surface area contributed by atoms with Crippen LogP contribution in [0.4, 0.5) is 11.4 Å². The van der Waals surface area contributed by atoms with Gasteiger partial charge in [0.05, 0.1) is 22.6 Å². The van der Waals surface area contributed by atoms with Crippen molar-refractivity contribution >= 4 is 38.3 Å². The van der Waals surface area contributed by atoms with E-state index in [1.54, 1.807) is 12.1 Å². The van der Waals surface area contributed by atoms with Crippen LogP contribution in [0.25, 0.3) is 11.0 Å². The molecule has 0 aliphatic heterocycles. The second-order valence-corrected chi connectivity index (χ2v) is 9.70. The number of nitrogens with zero attached hydrogens (tertiary/aromatic N) is 2. The molecule has 1 aromatic heterocycles. The van der Waals surface area contributed by atoms with Crippen molar-refractivity contribution in [3.8, 4) is 5.75 Å². The summed E-state index contributed by atoms with van der Waals surface area (Å²) in [5, 5.41) is 12.1. The Bertz CT molecular complexity index is 1340. The summed E-state index contributed by atoms with van der Waals surface area (Å²) >= 11 is 0. The van der Waals surface area contributed by atoms with Crippen LogP contribution in [-0.2, 0) is 27.7 Å². The highest BCUT2D eigenvalue weighted by molar-refractivity contribution is 7.93. The molecule has 0 unspecified atom stereocenters. The number of furan rings is 1. The first-order valence-corrected chi connectivity index (χ1v) is 11.5. The smallest absolute Gasteiger partial charge is 0.312 e. The first-order chi connectivity index (χ1) is 15.1. The number of nitro benzene ring substituents is 1. The molecule has 0 spiro atoms. The minimum atomic E-state index is -4.42. The largest absolute Gasteiger partial charge is 0.490 e. The van der Waals surface area contributed by atoms with Crippen LogP contribution in [0, 0.1) is 16.0 Å². The lowest BCUT2D eigenvalue weighted by Crippen LogP contribution is -2.35. The van der Waals surface area contributed by atoms with Gasteiger partial charge in [-0.1, -0.05) is 6.92 Å². The van der Waals surface area contributed by atoms with Gasteiger partial charge in [-0.2, -0.15) is 0 Å². The zero-order chi connectivity index (χ0) is 23.2. The number of anilines is 1. The first kappa shape index (κ1) is 21.8. The third kappa shape index (κ3) is 3.60. The Hall–Kier alpha value is -3.40. The van der Waals surface area contributed by atoms with Crippen molar-refractivity contribution in [3.05, 3.63) is 57.8 Å². The number of fused-ring (bicyclic) bond motifs is 3. The highest BCUT2D eigenvalue weighted by Crippen LogP contribution is 2.37. The van der Waals surface area contributed by atoms with Crippen molar-refractivity contribution in [2.24, 2.45) is 5.92 Å². The molecule has 9 nitrogen and oxygen atoms in total. The molecule has 32 heavy (non-hydrogen) atoms. The number of rotatable bonds is 5. The van der Waals surface area contributed by atoms with Crippen LogP contribution in [-0.4, -0.2) is 26.4 Å². The number of aryl methyl sites for hydroxylation is 1. The lowest BCUT2D eigenvalue weighted by molar-refractivity contribution is -0.386. The molecule has 1 aliphatic carbocycles. The number of benzene rings is 2. The van der Waals surface area contributed by atoms with Crippen molar-refractivity contribution in [2.45, 2.75) is 38.0 Å². The molecule has 0 saturated carbocycles. The van der Waals surface area contributed by atoms with Gasteiger partial charge in [-0.15, -0.1) is 0 Å². The number of carbonyl (C=O) groups excluding carboxylic acids is 1. The van der Waals surface area contributed by atoms with E-state index in [9.17, 15) is 23.3 Å². The van der Waals surface area contributed by atoms with E-state index in [1.165, 1.54) is 25.3 Å². The monoisotopic (exact) mass is 458 g/mol. The summed E-state index contributed by atoms with van der Waals surface area (Å²) in [6.07, 6.45) is 2.64. The van der Waals surface area contributed by atoms with Crippen LogP contribution in [0.5, 0.6) is 5.75 Å². The summed E-state index contributed by atoms with van der Waals surface area (Å²) in [6.45, 7) is 3.28. The molecule has 4 rings (SSSR count). The third-order valence-electron chi connectivity index (χ3n) is 5.68. The van der Waals surface area contributed by atoms with Crippen molar-refractivity contribution in [2.75, 3.05) is 11.4 Å². The van der Waals surface area contributed by atoms with E-state index in [0.717, 1.165) is 49.0 Å². The third-order valence-corrected chi connectivity index (χ3v) is 7.48. The van der Waals surface area contributed by atoms with Gasteiger partial charge in [0, 0.05) is 30.4 Å². The molecule has 0 bridgehead atoms. The van der Waals surface area contributed by atoms with E-state index in [1.807, 2.05) is 0 Å². The molecule has 3 aromatic rings. The zero-order valence-electron chi connectivity index (χ0n) is 17.8. The van der Waals surface area contributed by atoms with Gasteiger partial charge in [-0.3, -0.25) is 14.9 Å². The van der Waals surface area contributed by atoms with Crippen LogP contribution in [0.1, 0.15) is 31.6 Å². The van der Waals surface area contributed by atoms with E-state index in [2.05, 4.69) is 6.92 Å². The molecule has 2 aromatic carbocycles. The number of amides is 1. The topological polar surface area (TPSA) is 120 Å². The van der Waals surface area contributed by atoms with E-state index in [0.29, 0.717) is 15.8 Å². The van der Waals surface area contributed by atoms with Crippen LogP contribution < -0.4 is 9.04 Å². The maximum atomic E-state index is 13.4. The highest BCUT2D eigenvalue weighted by atomic mass is 32.2. The van der Waals surface area contributed by atoms with Crippen LogP contribution in [0.3, 0.4) is 0 Å². The molecule has 0 fully saturated rings. The van der Waals surface area contributed by atoms with E-state index < -0.39 is 26.5 Å². The minimum absolute atomic E-state index is 0.0797. The lowest BCUT2D eigenvalue weighted by atomic mass is 9.88. The fourth-order valence-corrected chi connectivity index (χ4v) is 5.58. The molecule has 10 heteroatoms. The Kier molecular flexibility index (Phi) is 5.41. The normalized spacial score (nSPS) is 15.9. The molecule has 1 heterocycles. The second-order valence-electron chi connectivity index (χ2n) is 7.91. The Morgan fingerprint density at radius 2 is 2.00 bits per heavy atom. The maximum Gasteiger partial charge on any atom is 0.312 e. The molecule has 1 aliphatic rings. The summed E-state index contributed by atoms with van der Waals surface area (Å²) < 4.78 is 38.3. The fourth-order valence-electron chi connectivity index (χ4n) is 4.14. The average molecular weight is 458 g/mol. The van der Waals surface area contributed by atoms with Gasteiger partial charge in [0.15, 0.2) is 5.75 Å². The summed E-state index contributed by atoms with van der Waals surface area (Å²) in [4.78, 5) is 22.7. The Labute approximate surface area is 184 Å². The van der Waals surface area contributed by atoms with Crippen LogP contribution >= 0.6 is 0 Å². The van der Waals surface area contributed by atoms with Gasteiger partial charge in [-0.05, 0) is 49.1 Å². The maximum absolute atomic E-state index is 13.4. The Balaban J connectivity index is 1.84. The van der Waals surface area contributed by atoms with Gasteiger partial charge in [0.25, 0.3) is 10.0 Å². The summed E-state index contributed by atoms with van der Waals surface area (Å²) in [5.41, 5.74) is 1.30. The fraction of sp³-hybridized carbons (Fsp3) is 0.318. The number of ether oxygens (including phenoxy) is 1. The average Bonchev–Trinajstić information content (AvgIpc) is 3.10. The number of hydrogen-bond acceptors (Lipinski definition) is 7. The van der Waals surface area contributed by atoms with Crippen LogP contribution in [0.2, 0.25) is 0 Å². The molecule has 0 radical (unpaired) electrons. The molecule has 0 N–H and O–H groups in total. The predicted octanol–water partition coefficient (Wildman–Crippen LogP) is 4.22. The van der Waals surface area contributed by atoms with Gasteiger partial charge in [-0.25, -0.2) is 12.7 Å². The molecule has 1 atom stereocenters. The molecule has 1 amide bonds. The van der Waals surface area contributed by atoms with Gasteiger partial charge in [0.2, 0.25) is 5.91 Å². The summed E-state index contributed by atoms with van der Waals surface area (Å²) in [7, 11) is -3.17. The van der Waals surface area contributed by atoms with Gasteiger partial charge >= 0.3 is 5.69 Å². The van der Waals surface area contributed by atoms with E-state index >= 15 is 0 Å². The number of methoxy groups -OCH3 is 1. The van der Waals surface area contributed by atoms with Crippen LogP contribution in [0.15, 0.2) is 45.7 Å². The standard InChI is InChI=1S/C22H22N2O7S/c1-13-4-7-20-17(10-13)18-11-15(5-8-21(18)31-20)23(14(2)25)32(28,29)16-6-9-22(30-3)19(12-16)24(26)27/h5-6,8-9,11-13H,4,7,10H2,1-3H3/t13-/m0/s1. The Morgan fingerprint density at radius 3 is 2.66 bits per heavy atom. The molecule has 0 saturated heterocycles. The zero-order valence-corrected chi connectivity index (χ0v) is 18.6.